The highest BCUT2D eigenvalue weighted by Crippen LogP contribution is 2.41. The average molecular weight is 440 g/mol. The molecule has 2 heterocycles. The molecule has 3 N–H and O–H groups in total. The molecule has 8 nitrogen and oxygen atoms in total. The van der Waals surface area contributed by atoms with Crippen molar-refractivity contribution in [3.8, 4) is 11.5 Å². The maximum Gasteiger partial charge on any atom is 0.328 e. The summed E-state index contributed by atoms with van der Waals surface area (Å²) in [5.74, 6) is 0.0570. The lowest BCUT2D eigenvalue weighted by Gasteiger charge is -2.28. The zero-order chi connectivity index (χ0) is 23.0. The maximum absolute atomic E-state index is 12.7. The molecule has 0 bridgehead atoms. The van der Waals surface area contributed by atoms with E-state index in [2.05, 4.69) is 19.2 Å². The Labute approximate surface area is 186 Å². The van der Waals surface area contributed by atoms with Crippen LogP contribution in [-0.2, 0) is 18.4 Å². The molecule has 1 aliphatic rings. The zero-order valence-electron chi connectivity index (χ0n) is 18.6. The van der Waals surface area contributed by atoms with E-state index in [4.69, 9.17) is 4.74 Å². The third-order valence-electron chi connectivity index (χ3n) is 6.24. The second-order valence-corrected chi connectivity index (χ2v) is 9.20. The summed E-state index contributed by atoms with van der Waals surface area (Å²) in [6.45, 7) is 4.69. The lowest BCUT2D eigenvalue weighted by Crippen LogP contribution is -2.26. The Balaban J connectivity index is 1.45. The molecule has 2 aromatic carbocycles. The van der Waals surface area contributed by atoms with E-state index in [1.54, 1.807) is 16.2 Å². The number of nitrogens with one attached hydrogen (secondary N) is 1. The van der Waals surface area contributed by atoms with Crippen LogP contribution in [0.25, 0.3) is 11.0 Å². The number of hydrogen-bond donors (Lipinski definition) is 3. The summed E-state index contributed by atoms with van der Waals surface area (Å²) in [5, 5.41) is 23.5. The molecule has 1 amide bonds. The van der Waals surface area contributed by atoms with Gasteiger partial charge in [0.05, 0.1) is 22.8 Å². The number of rotatable bonds is 7. The van der Waals surface area contributed by atoms with Crippen molar-refractivity contribution in [2.45, 2.75) is 45.8 Å². The number of amides is 1. The van der Waals surface area contributed by atoms with E-state index in [9.17, 15) is 19.8 Å². The minimum Gasteiger partial charge on any atom is -0.508 e. The number of aliphatic hydroxyl groups excluding tert-OH is 1. The molecule has 1 atom stereocenters. The van der Waals surface area contributed by atoms with Crippen molar-refractivity contribution in [2.75, 3.05) is 11.9 Å². The number of nitrogens with zero attached hydrogens (tertiary/aromatic N) is 2. The minimum atomic E-state index is -0.856. The van der Waals surface area contributed by atoms with E-state index in [1.165, 1.54) is 12.1 Å². The standard InChI is InChI=1S/C24H29N3O5/c1-24(2,10-11-27-19-7-5-4-6-18(19)26(3)23(27)31)9-8-20(29)16-12-15(28)13-17-22(16)32-14-21(30)25-17/h4-7,12-13,20,28-29H,8-11,14H2,1-3H3,(H,25,30). The van der Waals surface area contributed by atoms with Crippen molar-refractivity contribution >= 4 is 22.6 Å². The van der Waals surface area contributed by atoms with Gasteiger partial charge in [-0.1, -0.05) is 26.0 Å². The minimum absolute atomic E-state index is 0.0346. The largest absolute Gasteiger partial charge is 0.508 e. The molecule has 32 heavy (non-hydrogen) atoms. The first-order valence-corrected chi connectivity index (χ1v) is 10.8. The Hall–Kier alpha value is -3.26. The van der Waals surface area contributed by atoms with Crippen LogP contribution in [0.3, 0.4) is 0 Å². The Morgan fingerprint density at radius 2 is 1.88 bits per heavy atom. The van der Waals surface area contributed by atoms with E-state index in [-0.39, 0.29) is 29.4 Å². The summed E-state index contributed by atoms with van der Waals surface area (Å²) in [5.41, 5.74) is 2.48. The highest BCUT2D eigenvalue weighted by molar-refractivity contribution is 5.96. The number of carbonyl (C=O) groups excluding carboxylic acids is 1. The highest BCUT2D eigenvalue weighted by Gasteiger charge is 2.26. The van der Waals surface area contributed by atoms with Gasteiger partial charge in [-0.2, -0.15) is 0 Å². The first-order valence-electron chi connectivity index (χ1n) is 10.8. The van der Waals surface area contributed by atoms with Gasteiger partial charge >= 0.3 is 5.69 Å². The fourth-order valence-electron chi connectivity index (χ4n) is 4.26. The van der Waals surface area contributed by atoms with Gasteiger partial charge in [-0.3, -0.25) is 13.9 Å². The number of ether oxygens (including phenoxy) is 1. The molecule has 3 aromatic rings. The van der Waals surface area contributed by atoms with Crippen LogP contribution < -0.4 is 15.7 Å². The number of imidazole rings is 1. The van der Waals surface area contributed by atoms with E-state index < -0.39 is 6.10 Å². The molecule has 0 radical (unpaired) electrons. The zero-order valence-corrected chi connectivity index (χ0v) is 18.6. The van der Waals surface area contributed by atoms with Gasteiger partial charge in [0.25, 0.3) is 5.91 Å². The highest BCUT2D eigenvalue weighted by atomic mass is 16.5. The summed E-state index contributed by atoms with van der Waals surface area (Å²) in [7, 11) is 1.78. The van der Waals surface area contributed by atoms with Gasteiger partial charge in [-0.25, -0.2) is 4.79 Å². The van der Waals surface area contributed by atoms with Gasteiger partial charge in [0.2, 0.25) is 0 Å². The van der Waals surface area contributed by atoms with Crippen molar-refractivity contribution in [2.24, 2.45) is 12.5 Å². The monoisotopic (exact) mass is 439 g/mol. The van der Waals surface area contributed by atoms with Crippen molar-refractivity contribution in [1.29, 1.82) is 0 Å². The number of phenolic OH excluding ortho intramolecular Hbond substituents is 1. The second-order valence-electron chi connectivity index (χ2n) is 9.20. The molecule has 170 valence electrons. The molecule has 1 aromatic heterocycles. The Morgan fingerprint density at radius 3 is 2.62 bits per heavy atom. The van der Waals surface area contributed by atoms with Crippen molar-refractivity contribution < 1.29 is 19.7 Å². The Kier molecular flexibility index (Phi) is 5.73. The Morgan fingerprint density at radius 1 is 1.16 bits per heavy atom. The number of aliphatic hydroxyl groups is 1. The molecule has 4 rings (SSSR count). The van der Waals surface area contributed by atoms with Gasteiger partial charge in [0, 0.05) is 25.2 Å². The van der Waals surface area contributed by atoms with Crippen molar-refractivity contribution in [3.63, 3.8) is 0 Å². The molecular formula is C24H29N3O5. The maximum atomic E-state index is 12.7. The molecule has 0 saturated carbocycles. The van der Waals surface area contributed by atoms with Gasteiger partial charge in [-0.05, 0) is 42.9 Å². The number of aromatic hydroxyl groups is 1. The number of hydrogen-bond acceptors (Lipinski definition) is 5. The van der Waals surface area contributed by atoms with Gasteiger partial charge in [0.1, 0.15) is 11.5 Å². The molecule has 0 spiro atoms. The topological polar surface area (TPSA) is 106 Å². The lowest BCUT2D eigenvalue weighted by molar-refractivity contribution is -0.118. The fourth-order valence-corrected chi connectivity index (χ4v) is 4.26. The summed E-state index contributed by atoms with van der Waals surface area (Å²) < 4.78 is 8.98. The molecule has 8 heteroatoms. The third kappa shape index (κ3) is 4.23. The quantitative estimate of drug-likeness (QED) is 0.524. The van der Waals surface area contributed by atoms with Gasteiger partial charge < -0.3 is 20.3 Å². The van der Waals surface area contributed by atoms with Crippen LogP contribution >= 0.6 is 0 Å². The fraction of sp³-hybridized carbons (Fsp3) is 0.417. The van der Waals surface area contributed by atoms with Crippen LogP contribution in [0, 0.1) is 5.41 Å². The van der Waals surface area contributed by atoms with E-state index >= 15 is 0 Å². The number of aryl methyl sites for hydroxylation is 2. The summed E-state index contributed by atoms with van der Waals surface area (Å²) in [6.07, 6.45) is 1.05. The average Bonchev–Trinajstić information content (AvgIpc) is 3.00. The molecule has 0 fully saturated rings. The van der Waals surface area contributed by atoms with Crippen molar-refractivity contribution in [3.05, 3.63) is 52.4 Å². The van der Waals surface area contributed by atoms with E-state index in [0.717, 1.165) is 17.5 Å². The summed E-state index contributed by atoms with van der Waals surface area (Å²) >= 11 is 0. The Bertz CT molecular complexity index is 1220. The summed E-state index contributed by atoms with van der Waals surface area (Å²) in [4.78, 5) is 24.2. The van der Waals surface area contributed by atoms with Crippen LogP contribution in [0.2, 0.25) is 0 Å². The van der Waals surface area contributed by atoms with Crippen LogP contribution in [-0.4, -0.2) is 31.9 Å². The van der Waals surface area contributed by atoms with Crippen molar-refractivity contribution in [1.82, 2.24) is 9.13 Å². The lowest BCUT2D eigenvalue weighted by atomic mass is 9.82. The molecule has 0 aliphatic carbocycles. The molecule has 1 aliphatic heterocycles. The van der Waals surface area contributed by atoms with Crippen LogP contribution in [0.5, 0.6) is 11.5 Å². The third-order valence-corrected chi connectivity index (χ3v) is 6.24. The number of fused-ring (bicyclic) bond motifs is 2. The van der Waals surface area contributed by atoms with Crippen LogP contribution in [0.4, 0.5) is 5.69 Å². The number of aromatic nitrogens is 2. The smallest absolute Gasteiger partial charge is 0.328 e. The number of benzene rings is 2. The first kappa shape index (κ1) is 22.0. The van der Waals surface area contributed by atoms with Gasteiger partial charge in [-0.15, -0.1) is 0 Å². The molecule has 0 saturated heterocycles. The van der Waals surface area contributed by atoms with Gasteiger partial charge in [0.15, 0.2) is 6.61 Å². The number of carbonyl (C=O) groups is 1. The molecule has 1 unspecified atom stereocenters. The normalized spacial score (nSPS) is 14.7. The first-order chi connectivity index (χ1) is 15.2. The SMILES string of the molecule is Cn1c(=O)n(CCC(C)(C)CCC(O)c2cc(O)cc3c2OCC(=O)N3)c2ccccc21. The number of anilines is 1. The predicted octanol–water partition coefficient (Wildman–Crippen LogP) is 3.31. The van der Waals surface area contributed by atoms with Crippen LogP contribution in [0.1, 0.15) is 44.8 Å². The van der Waals surface area contributed by atoms with E-state index in [0.29, 0.717) is 36.4 Å². The number of para-hydroxylation sites is 2. The predicted molar refractivity (Wildman–Crippen MR) is 122 cm³/mol. The number of phenols is 1. The molecular weight excluding hydrogens is 410 g/mol. The second kappa shape index (κ2) is 8.35. The van der Waals surface area contributed by atoms with E-state index in [1.807, 2.05) is 24.3 Å². The summed E-state index contributed by atoms with van der Waals surface area (Å²) in [6, 6.07) is 10.6. The van der Waals surface area contributed by atoms with Crippen LogP contribution in [0.15, 0.2) is 41.2 Å².